The minimum atomic E-state index is -0.923. The highest BCUT2D eigenvalue weighted by Gasteiger charge is 2.10. The first kappa shape index (κ1) is 22.0. The zero-order valence-electron chi connectivity index (χ0n) is 16.2. The van der Waals surface area contributed by atoms with Gasteiger partial charge in [-0.2, -0.15) is 4.57 Å². The molecule has 0 aliphatic carbocycles. The second kappa shape index (κ2) is 10.3. The third kappa shape index (κ3) is 5.59. The van der Waals surface area contributed by atoms with Crippen molar-refractivity contribution in [1.29, 1.82) is 0 Å². The van der Waals surface area contributed by atoms with Crippen LogP contribution in [0.3, 0.4) is 0 Å². The summed E-state index contributed by atoms with van der Waals surface area (Å²) in [4.78, 5) is 11.2. The lowest BCUT2D eigenvalue weighted by atomic mass is 10.1. The smallest absolute Gasteiger partial charge is 0.335 e. The molecule has 3 rings (SSSR count). The van der Waals surface area contributed by atoms with Gasteiger partial charge < -0.3 is 27.0 Å². The van der Waals surface area contributed by atoms with Gasteiger partial charge in [0.2, 0.25) is 5.69 Å². The van der Waals surface area contributed by atoms with E-state index in [4.69, 9.17) is 9.47 Å². The average Bonchev–Trinajstić information content (AvgIpc) is 2.73. The van der Waals surface area contributed by atoms with Crippen LogP contribution in [0.2, 0.25) is 0 Å². The molecule has 0 atom stereocenters. The highest BCUT2D eigenvalue weighted by Crippen LogP contribution is 2.28. The minimum absolute atomic E-state index is 0. The van der Waals surface area contributed by atoms with Gasteiger partial charge in [-0.15, -0.1) is 0 Å². The van der Waals surface area contributed by atoms with Crippen LogP contribution < -0.4 is 26.4 Å². The van der Waals surface area contributed by atoms with Crippen molar-refractivity contribution < 1.29 is 36.3 Å². The van der Waals surface area contributed by atoms with Crippen molar-refractivity contribution in [2.75, 3.05) is 14.2 Å². The Hall–Kier alpha value is -3.31. The fourth-order valence-electron chi connectivity index (χ4n) is 2.92. The van der Waals surface area contributed by atoms with E-state index in [-0.39, 0.29) is 18.0 Å². The van der Waals surface area contributed by atoms with Crippen molar-refractivity contribution in [3.63, 3.8) is 0 Å². The summed E-state index contributed by atoms with van der Waals surface area (Å²) in [7, 11) is 3.22. The normalized spacial score (nSPS) is 10.4. The van der Waals surface area contributed by atoms with Crippen molar-refractivity contribution in [2.45, 2.75) is 6.54 Å². The van der Waals surface area contributed by atoms with Gasteiger partial charge in [0.25, 0.3) is 0 Å². The van der Waals surface area contributed by atoms with E-state index in [0.29, 0.717) is 18.0 Å². The second-order valence-corrected chi connectivity index (χ2v) is 6.21. The molecule has 1 heterocycles. The number of aromatic carboxylic acids is 1. The molecule has 29 heavy (non-hydrogen) atoms. The van der Waals surface area contributed by atoms with Gasteiger partial charge in [-0.25, -0.2) is 4.79 Å². The van der Waals surface area contributed by atoms with E-state index in [2.05, 4.69) is 4.57 Å². The maximum Gasteiger partial charge on any atom is 0.335 e. The Morgan fingerprint density at radius 1 is 0.966 bits per heavy atom. The molecule has 2 aromatic carbocycles. The van der Waals surface area contributed by atoms with E-state index in [1.54, 1.807) is 32.4 Å². The third-order valence-corrected chi connectivity index (χ3v) is 4.36. The largest absolute Gasteiger partial charge is 1.00 e. The molecule has 0 radical (unpaired) electrons. The van der Waals surface area contributed by atoms with Gasteiger partial charge in [-0.3, -0.25) is 0 Å². The molecule has 1 N–H and O–H groups in total. The fourth-order valence-corrected chi connectivity index (χ4v) is 2.92. The van der Waals surface area contributed by atoms with Gasteiger partial charge in [0, 0.05) is 23.8 Å². The Kier molecular flexibility index (Phi) is 7.80. The number of carboxylic acid groups (broad SMARTS) is 1. The number of halogens is 1. The second-order valence-electron chi connectivity index (χ2n) is 6.21. The van der Waals surface area contributed by atoms with Crippen LogP contribution in [0, 0.1) is 0 Å². The van der Waals surface area contributed by atoms with E-state index in [1.807, 2.05) is 60.8 Å². The van der Waals surface area contributed by atoms with Gasteiger partial charge in [0.05, 0.1) is 19.8 Å². The molecular formula is C23H22ClNO4. The van der Waals surface area contributed by atoms with E-state index >= 15 is 0 Å². The SMILES string of the molecule is COc1ccc(/C=C/c2cccc[n+]2Cc2cccc(C(=O)O)c2)cc1OC.[Cl-]. The first-order valence-electron chi connectivity index (χ1n) is 8.81. The molecule has 0 aliphatic rings. The Morgan fingerprint density at radius 2 is 1.76 bits per heavy atom. The lowest BCUT2D eigenvalue weighted by Gasteiger charge is -2.07. The number of methoxy groups -OCH3 is 2. The van der Waals surface area contributed by atoms with Gasteiger partial charge in [0.15, 0.2) is 24.2 Å². The van der Waals surface area contributed by atoms with Crippen LogP contribution in [-0.2, 0) is 6.54 Å². The quantitative estimate of drug-likeness (QED) is 0.587. The number of hydrogen-bond donors (Lipinski definition) is 1. The maximum atomic E-state index is 11.2. The molecule has 0 saturated carbocycles. The molecule has 6 heteroatoms. The Morgan fingerprint density at radius 3 is 2.48 bits per heavy atom. The number of benzene rings is 2. The number of aromatic nitrogens is 1. The summed E-state index contributed by atoms with van der Waals surface area (Å²) in [5, 5.41) is 9.18. The van der Waals surface area contributed by atoms with Gasteiger partial charge in [-0.05, 0) is 42.0 Å². The molecule has 0 fully saturated rings. The molecule has 5 nitrogen and oxygen atoms in total. The topological polar surface area (TPSA) is 59.6 Å². The summed E-state index contributed by atoms with van der Waals surface area (Å²) in [6.45, 7) is 0.577. The number of nitrogens with zero attached hydrogens (tertiary/aromatic N) is 1. The van der Waals surface area contributed by atoms with E-state index in [0.717, 1.165) is 16.8 Å². The first-order valence-corrected chi connectivity index (χ1v) is 8.81. The van der Waals surface area contributed by atoms with Gasteiger partial charge >= 0.3 is 5.97 Å². The lowest BCUT2D eigenvalue weighted by molar-refractivity contribution is -0.690. The molecule has 1 aromatic heterocycles. The minimum Gasteiger partial charge on any atom is -1.00 e. The number of carbonyl (C=O) groups is 1. The average molecular weight is 412 g/mol. The van der Waals surface area contributed by atoms with Gasteiger partial charge in [-0.1, -0.05) is 18.2 Å². The molecule has 0 aliphatic heterocycles. The summed E-state index contributed by atoms with van der Waals surface area (Å²) >= 11 is 0. The van der Waals surface area contributed by atoms with Crippen LogP contribution in [0.25, 0.3) is 12.2 Å². The monoisotopic (exact) mass is 411 g/mol. The van der Waals surface area contributed by atoms with Crippen LogP contribution in [-0.4, -0.2) is 25.3 Å². The zero-order chi connectivity index (χ0) is 19.9. The Bertz CT molecular complexity index is 1020. The highest BCUT2D eigenvalue weighted by molar-refractivity contribution is 5.87. The number of rotatable bonds is 7. The van der Waals surface area contributed by atoms with Gasteiger partial charge in [0.1, 0.15) is 0 Å². The summed E-state index contributed by atoms with van der Waals surface area (Å²) in [5.74, 6) is 0.442. The Balaban J connectivity index is 0.00000300. The molecule has 150 valence electrons. The zero-order valence-corrected chi connectivity index (χ0v) is 17.0. The molecule has 0 amide bonds. The van der Waals surface area contributed by atoms with Crippen molar-refractivity contribution >= 4 is 18.1 Å². The summed E-state index contributed by atoms with van der Waals surface area (Å²) in [5.41, 5.74) is 3.20. The van der Waals surface area contributed by atoms with Crippen LogP contribution in [0.5, 0.6) is 11.5 Å². The number of pyridine rings is 1. The van der Waals surface area contributed by atoms with Crippen molar-refractivity contribution in [1.82, 2.24) is 0 Å². The summed E-state index contributed by atoms with van der Waals surface area (Å²) < 4.78 is 12.7. The first-order chi connectivity index (χ1) is 13.6. The van der Waals surface area contributed by atoms with Crippen LogP contribution in [0.15, 0.2) is 66.9 Å². The predicted molar refractivity (Wildman–Crippen MR) is 108 cm³/mol. The molecule has 0 spiro atoms. The van der Waals surface area contributed by atoms with Crippen molar-refractivity contribution in [3.05, 3.63) is 89.2 Å². The van der Waals surface area contributed by atoms with E-state index < -0.39 is 5.97 Å². The summed E-state index contributed by atoms with van der Waals surface area (Å²) in [6.07, 6.45) is 5.99. The number of ether oxygens (including phenoxy) is 2. The number of hydrogen-bond acceptors (Lipinski definition) is 3. The fraction of sp³-hybridized carbons (Fsp3) is 0.130. The van der Waals surface area contributed by atoms with Crippen molar-refractivity contribution in [3.8, 4) is 11.5 Å². The summed E-state index contributed by atoms with van der Waals surface area (Å²) in [6, 6.07) is 18.7. The predicted octanol–water partition coefficient (Wildman–Crippen LogP) is 0.912. The standard InChI is InChI=1S/C23H21NO4.ClH/c1-27-21-12-10-17(15-22(21)28-2)9-11-20-8-3-4-13-24(20)16-18-6-5-7-19(14-18)23(25)26;/h3-15H,16H2,1-2H3;1H/b11-9+;. The van der Waals surface area contributed by atoms with Crippen LogP contribution >= 0.6 is 0 Å². The maximum absolute atomic E-state index is 11.2. The lowest BCUT2D eigenvalue weighted by Crippen LogP contribution is -3.00. The molecule has 3 aromatic rings. The molecule has 0 saturated heterocycles. The third-order valence-electron chi connectivity index (χ3n) is 4.36. The highest BCUT2D eigenvalue weighted by atomic mass is 35.5. The van der Waals surface area contributed by atoms with Crippen LogP contribution in [0.1, 0.15) is 27.2 Å². The molecule has 0 unspecified atom stereocenters. The van der Waals surface area contributed by atoms with E-state index in [1.165, 1.54) is 0 Å². The molecule has 0 bridgehead atoms. The Labute approximate surface area is 176 Å². The van der Waals surface area contributed by atoms with Crippen molar-refractivity contribution in [2.24, 2.45) is 0 Å². The van der Waals surface area contributed by atoms with E-state index in [9.17, 15) is 9.90 Å². The number of carboxylic acids is 1. The van der Waals surface area contributed by atoms with Crippen LogP contribution in [0.4, 0.5) is 0 Å². The molecular weight excluding hydrogens is 390 g/mol.